The maximum absolute atomic E-state index is 11.7. The molecule has 10 heteroatoms. The van der Waals surface area contributed by atoms with Crippen LogP contribution < -0.4 is 10.6 Å². The molecule has 32 heavy (non-hydrogen) atoms. The van der Waals surface area contributed by atoms with Crippen molar-refractivity contribution in [3.8, 4) is 0 Å². The Balaban J connectivity index is 1.22. The Hall–Kier alpha value is -2.98. The van der Waals surface area contributed by atoms with Gasteiger partial charge in [-0.05, 0) is 43.0 Å². The van der Waals surface area contributed by atoms with Crippen molar-refractivity contribution in [2.24, 2.45) is 11.8 Å². The molecule has 1 aliphatic rings. The second-order valence-electron chi connectivity index (χ2n) is 8.41. The number of aliphatic hydroxyl groups excluding tert-OH is 1. The SMILES string of the molecule is CC(C)C(=O)Nc1ccc(C2CC(Cc3nnc(NC(O)Cc4ccccn4)s3)C2)nn1. The normalized spacial score (nSPS) is 18.8. The second-order valence-corrected chi connectivity index (χ2v) is 9.47. The van der Waals surface area contributed by atoms with E-state index in [1.165, 1.54) is 11.3 Å². The van der Waals surface area contributed by atoms with Gasteiger partial charge in [0.2, 0.25) is 11.0 Å². The third kappa shape index (κ3) is 5.83. The van der Waals surface area contributed by atoms with E-state index in [4.69, 9.17) is 0 Å². The van der Waals surface area contributed by atoms with Crippen LogP contribution in [0.25, 0.3) is 0 Å². The summed E-state index contributed by atoms with van der Waals surface area (Å²) in [6.07, 6.45) is 4.27. The Morgan fingerprint density at radius 1 is 1.16 bits per heavy atom. The first-order valence-corrected chi connectivity index (χ1v) is 11.6. The van der Waals surface area contributed by atoms with E-state index in [9.17, 15) is 9.90 Å². The van der Waals surface area contributed by atoms with Crippen LogP contribution >= 0.6 is 11.3 Å². The molecule has 3 aromatic rings. The fraction of sp³-hybridized carbons (Fsp3) is 0.455. The summed E-state index contributed by atoms with van der Waals surface area (Å²) in [5.41, 5.74) is 1.78. The molecule has 0 aromatic carbocycles. The van der Waals surface area contributed by atoms with E-state index in [-0.39, 0.29) is 11.8 Å². The van der Waals surface area contributed by atoms with Crippen molar-refractivity contribution in [1.82, 2.24) is 25.4 Å². The molecule has 0 bridgehead atoms. The zero-order valence-electron chi connectivity index (χ0n) is 18.1. The molecule has 168 valence electrons. The Bertz CT molecular complexity index is 1020. The molecule has 0 spiro atoms. The van der Waals surface area contributed by atoms with Crippen LogP contribution in [0.1, 0.15) is 49.0 Å². The van der Waals surface area contributed by atoms with Crippen LogP contribution in [0.15, 0.2) is 36.5 Å². The van der Waals surface area contributed by atoms with Gasteiger partial charge >= 0.3 is 0 Å². The number of rotatable bonds is 9. The number of pyridine rings is 1. The molecular weight excluding hydrogens is 426 g/mol. The lowest BCUT2D eigenvalue weighted by atomic mass is 9.72. The molecule has 1 unspecified atom stereocenters. The van der Waals surface area contributed by atoms with Gasteiger partial charge in [0.15, 0.2) is 5.82 Å². The van der Waals surface area contributed by atoms with E-state index in [0.717, 1.165) is 35.7 Å². The second kappa shape index (κ2) is 10.1. The van der Waals surface area contributed by atoms with Gasteiger partial charge in [0.05, 0.1) is 5.69 Å². The number of aromatic nitrogens is 5. The van der Waals surface area contributed by atoms with Gasteiger partial charge in [-0.15, -0.1) is 15.3 Å². The van der Waals surface area contributed by atoms with Crippen molar-refractivity contribution in [3.05, 3.63) is 52.9 Å². The van der Waals surface area contributed by atoms with Crippen LogP contribution in [0.5, 0.6) is 0 Å². The van der Waals surface area contributed by atoms with Crippen molar-refractivity contribution in [2.45, 2.75) is 51.7 Å². The summed E-state index contributed by atoms with van der Waals surface area (Å²) in [5, 5.41) is 34.4. The van der Waals surface area contributed by atoms with Gasteiger partial charge in [-0.2, -0.15) is 5.10 Å². The predicted octanol–water partition coefficient (Wildman–Crippen LogP) is 3.03. The van der Waals surface area contributed by atoms with E-state index in [2.05, 4.69) is 36.0 Å². The number of nitrogens with zero attached hydrogens (tertiary/aromatic N) is 5. The van der Waals surface area contributed by atoms with Crippen molar-refractivity contribution in [1.29, 1.82) is 0 Å². The average molecular weight is 454 g/mol. The zero-order valence-corrected chi connectivity index (χ0v) is 18.9. The summed E-state index contributed by atoms with van der Waals surface area (Å²) >= 11 is 1.47. The molecule has 1 saturated carbocycles. The number of hydrogen-bond donors (Lipinski definition) is 3. The van der Waals surface area contributed by atoms with Gasteiger partial charge in [-0.1, -0.05) is 31.3 Å². The van der Waals surface area contributed by atoms with E-state index in [1.54, 1.807) is 6.20 Å². The van der Waals surface area contributed by atoms with E-state index in [1.807, 2.05) is 44.2 Å². The molecule has 3 heterocycles. The van der Waals surface area contributed by atoms with Crippen LogP contribution in [0.2, 0.25) is 0 Å². The number of nitrogens with one attached hydrogen (secondary N) is 2. The molecule has 0 aliphatic heterocycles. The summed E-state index contributed by atoms with van der Waals surface area (Å²) in [5.74, 6) is 1.24. The van der Waals surface area contributed by atoms with Crippen molar-refractivity contribution in [3.63, 3.8) is 0 Å². The number of hydrogen-bond acceptors (Lipinski definition) is 9. The van der Waals surface area contributed by atoms with Gasteiger partial charge < -0.3 is 15.7 Å². The van der Waals surface area contributed by atoms with Crippen LogP contribution in [0.3, 0.4) is 0 Å². The van der Waals surface area contributed by atoms with Crippen molar-refractivity contribution < 1.29 is 9.90 Å². The average Bonchev–Trinajstić information content (AvgIpc) is 3.18. The van der Waals surface area contributed by atoms with Crippen LogP contribution in [-0.2, 0) is 17.6 Å². The molecule has 1 atom stereocenters. The van der Waals surface area contributed by atoms with Crippen LogP contribution in [0.4, 0.5) is 10.9 Å². The summed E-state index contributed by atoms with van der Waals surface area (Å²) in [4.78, 5) is 16.0. The minimum absolute atomic E-state index is 0.0640. The molecular formula is C22H27N7O2S. The van der Waals surface area contributed by atoms with Crippen LogP contribution in [0, 0.1) is 11.8 Å². The number of carbonyl (C=O) groups excluding carboxylic acids is 1. The topological polar surface area (TPSA) is 126 Å². The highest BCUT2D eigenvalue weighted by molar-refractivity contribution is 7.15. The molecule has 0 radical (unpaired) electrons. The van der Waals surface area contributed by atoms with Gasteiger partial charge in [0, 0.05) is 36.6 Å². The maximum Gasteiger partial charge on any atom is 0.228 e. The molecule has 1 aliphatic carbocycles. The fourth-order valence-corrected chi connectivity index (χ4v) is 4.49. The summed E-state index contributed by atoms with van der Waals surface area (Å²) in [6, 6.07) is 9.38. The maximum atomic E-state index is 11.7. The largest absolute Gasteiger partial charge is 0.373 e. The Morgan fingerprint density at radius 2 is 2.00 bits per heavy atom. The minimum Gasteiger partial charge on any atom is -0.373 e. The van der Waals surface area contributed by atoms with Crippen molar-refractivity contribution >= 4 is 28.2 Å². The molecule has 9 nitrogen and oxygen atoms in total. The highest BCUT2D eigenvalue weighted by Crippen LogP contribution is 2.42. The number of carbonyl (C=O) groups is 1. The molecule has 3 aromatic heterocycles. The molecule has 3 N–H and O–H groups in total. The third-order valence-corrected chi connectivity index (χ3v) is 6.34. The summed E-state index contributed by atoms with van der Waals surface area (Å²) in [7, 11) is 0. The predicted molar refractivity (Wildman–Crippen MR) is 122 cm³/mol. The van der Waals surface area contributed by atoms with E-state index >= 15 is 0 Å². The van der Waals surface area contributed by atoms with Gasteiger partial charge in [0.25, 0.3) is 0 Å². The smallest absolute Gasteiger partial charge is 0.228 e. The lowest BCUT2D eigenvalue weighted by Crippen LogP contribution is -2.25. The van der Waals surface area contributed by atoms with E-state index in [0.29, 0.717) is 29.2 Å². The van der Waals surface area contributed by atoms with Gasteiger partial charge in [-0.3, -0.25) is 9.78 Å². The van der Waals surface area contributed by atoms with Gasteiger partial charge in [-0.25, -0.2) is 0 Å². The third-order valence-electron chi connectivity index (χ3n) is 5.46. The first-order chi connectivity index (χ1) is 15.5. The lowest BCUT2D eigenvalue weighted by Gasteiger charge is -2.34. The Kier molecular flexibility index (Phi) is 7.01. The lowest BCUT2D eigenvalue weighted by molar-refractivity contribution is -0.118. The van der Waals surface area contributed by atoms with Gasteiger partial charge in [0.1, 0.15) is 11.2 Å². The number of aliphatic hydroxyl groups is 1. The summed E-state index contributed by atoms with van der Waals surface area (Å²) in [6.45, 7) is 3.68. The number of anilines is 2. The fourth-order valence-electron chi connectivity index (χ4n) is 3.59. The molecule has 1 amide bonds. The molecule has 4 rings (SSSR count). The monoisotopic (exact) mass is 453 g/mol. The van der Waals surface area contributed by atoms with E-state index < -0.39 is 6.23 Å². The highest BCUT2D eigenvalue weighted by atomic mass is 32.1. The highest BCUT2D eigenvalue weighted by Gasteiger charge is 2.32. The Morgan fingerprint density at radius 3 is 2.69 bits per heavy atom. The summed E-state index contributed by atoms with van der Waals surface area (Å²) < 4.78 is 0. The first kappa shape index (κ1) is 22.2. The van der Waals surface area contributed by atoms with Crippen LogP contribution in [-0.4, -0.2) is 42.6 Å². The molecule has 1 fully saturated rings. The minimum atomic E-state index is -0.759. The Labute approximate surface area is 190 Å². The first-order valence-electron chi connectivity index (χ1n) is 10.8. The quantitative estimate of drug-likeness (QED) is 0.422. The zero-order chi connectivity index (χ0) is 22.5. The standard InChI is InChI=1S/C22H27N7O2S/c1-13(2)21(31)24-18-7-6-17(26-27-18)15-9-14(10-15)11-20-28-29-22(32-20)25-19(30)12-16-5-3-4-8-23-16/h3-8,13-15,19,30H,9-12H2,1-2H3,(H,25,29)(H,24,27,31). The number of amides is 1. The van der Waals surface area contributed by atoms with Crippen molar-refractivity contribution in [2.75, 3.05) is 10.6 Å². The molecule has 0 saturated heterocycles.